The highest BCUT2D eigenvalue weighted by Crippen LogP contribution is 2.32. The monoisotopic (exact) mass is 439 g/mol. The number of anilines is 3. The van der Waals surface area contributed by atoms with Crippen molar-refractivity contribution in [1.29, 1.82) is 0 Å². The van der Waals surface area contributed by atoms with Crippen molar-refractivity contribution in [2.45, 2.75) is 39.7 Å². The van der Waals surface area contributed by atoms with E-state index in [0.717, 1.165) is 16.7 Å². The summed E-state index contributed by atoms with van der Waals surface area (Å²) in [5, 5.41) is 17.6. The fourth-order valence-electron chi connectivity index (χ4n) is 3.87. The molecular formula is C22H29N7O3. The Balaban J connectivity index is 1.82. The molecule has 0 radical (unpaired) electrons. The average Bonchev–Trinajstić information content (AvgIpc) is 3.40. The number of rotatable bonds is 9. The Kier molecular flexibility index (Phi) is 6.50. The van der Waals surface area contributed by atoms with Gasteiger partial charge in [-0.3, -0.25) is 9.48 Å². The van der Waals surface area contributed by atoms with Gasteiger partial charge in [-0.25, -0.2) is 9.97 Å². The van der Waals surface area contributed by atoms with E-state index >= 15 is 0 Å². The van der Waals surface area contributed by atoms with Gasteiger partial charge in [0.1, 0.15) is 16.9 Å². The van der Waals surface area contributed by atoms with Crippen molar-refractivity contribution < 1.29 is 14.6 Å². The highest BCUT2D eigenvalue weighted by atomic mass is 16.5. The largest absolute Gasteiger partial charge is 0.481 e. The second kappa shape index (κ2) is 9.47. The molecule has 32 heavy (non-hydrogen) atoms. The molecule has 0 unspecified atom stereocenters. The lowest BCUT2D eigenvalue weighted by Crippen LogP contribution is -2.25. The summed E-state index contributed by atoms with van der Waals surface area (Å²) < 4.78 is 7.44. The smallest absolute Gasteiger partial charge is 0.308 e. The Bertz CT molecular complexity index is 1080. The van der Waals surface area contributed by atoms with Crippen LogP contribution in [0.3, 0.4) is 0 Å². The number of ether oxygens (including phenoxy) is 1. The number of carboxylic acids is 1. The van der Waals surface area contributed by atoms with Crippen LogP contribution in [-0.2, 0) is 16.1 Å². The number of carboxylic acid groups (broad SMARTS) is 1. The van der Waals surface area contributed by atoms with Crippen LogP contribution in [0.15, 0.2) is 24.4 Å². The standard InChI is InChI=1S/C22H29N7O3/c1-4-32-12-11-29-19-18(17(27-29)14(2)3)25-22(28-10-8-15(13-28)21(30)31)26-20(19)24-16-7-5-6-9-23-16/h5-7,9,14-15H,4,8,10-13H2,1-3H3,(H,30,31)(H,23,24,25,26)/t15-/m0/s1. The van der Waals surface area contributed by atoms with Crippen LogP contribution >= 0.6 is 0 Å². The molecule has 4 rings (SSSR count). The van der Waals surface area contributed by atoms with E-state index in [9.17, 15) is 9.90 Å². The van der Waals surface area contributed by atoms with Crippen LogP contribution in [0.25, 0.3) is 11.0 Å². The van der Waals surface area contributed by atoms with Crippen LogP contribution in [0, 0.1) is 5.92 Å². The first-order valence-corrected chi connectivity index (χ1v) is 11.0. The summed E-state index contributed by atoms with van der Waals surface area (Å²) >= 11 is 0. The van der Waals surface area contributed by atoms with E-state index in [0.29, 0.717) is 56.9 Å². The predicted octanol–water partition coefficient (Wildman–Crippen LogP) is 3.04. The number of aliphatic carboxylic acids is 1. The minimum Gasteiger partial charge on any atom is -0.481 e. The van der Waals surface area contributed by atoms with Gasteiger partial charge in [0.2, 0.25) is 5.95 Å². The average molecular weight is 440 g/mol. The summed E-state index contributed by atoms with van der Waals surface area (Å²) in [5.41, 5.74) is 2.42. The first-order valence-electron chi connectivity index (χ1n) is 11.0. The molecule has 3 aromatic rings. The third-order valence-corrected chi connectivity index (χ3v) is 5.53. The maximum absolute atomic E-state index is 11.5. The molecule has 3 aromatic heterocycles. The normalized spacial score (nSPS) is 16.2. The van der Waals surface area contributed by atoms with E-state index in [2.05, 4.69) is 24.1 Å². The first-order chi connectivity index (χ1) is 15.5. The van der Waals surface area contributed by atoms with Crippen molar-refractivity contribution in [2.75, 3.05) is 36.5 Å². The summed E-state index contributed by atoms with van der Waals surface area (Å²) in [6.45, 7) is 8.85. The molecule has 1 saturated heterocycles. The zero-order chi connectivity index (χ0) is 22.7. The maximum Gasteiger partial charge on any atom is 0.308 e. The number of pyridine rings is 1. The van der Waals surface area contributed by atoms with Gasteiger partial charge in [-0.2, -0.15) is 10.1 Å². The topological polar surface area (TPSA) is 118 Å². The number of hydrogen-bond acceptors (Lipinski definition) is 8. The SMILES string of the molecule is CCOCCn1nc(C(C)C)c2nc(N3CC[C@H](C(=O)O)C3)nc(Nc3ccccn3)c21. The van der Waals surface area contributed by atoms with Crippen LogP contribution in [0.1, 0.15) is 38.8 Å². The van der Waals surface area contributed by atoms with Gasteiger partial charge in [-0.05, 0) is 31.4 Å². The van der Waals surface area contributed by atoms with Crippen LogP contribution in [-0.4, -0.2) is 62.1 Å². The molecule has 4 heterocycles. The van der Waals surface area contributed by atoms with E-state index in [4.69, 9.17) is 19.8 Å². The van der Waals surface area contributed by atoms with Gasteiger partial charge >= 0.3 is 5.97 Å². The van der Waals surface area contributed by atoms with Crippen molar-refractivity contribution >= 4 is 34.6 Å². The summed E-state index contributed by atoms with van der Waals surface area (Å²) in [6, 6.07) is 5.62. The van der Waals surface area contributed by atoms with Gasteiger partial charge in [0, 0.05) is 25.9 Å². The van der Waals surface area contributed by atoms with Crippen molar-refractivity contribution in [3.05, 3.63) is 30.1 Å². The molecule has 0 amide bonds. The number of nitrogens with zero attached hydrogens (tertiary/aromatic N) is 6. The van der Waals surface area contributed by atoms with E-state index in [1.807, 2.05) is 34.7 Å². The van der Waals surface area contributed by atoms with Crippen LogP contribution in [0.5, 0.6) is 0 Å². The summed E-state index contributed by atoms with van der Waals surface area (Å²) in [6.07, 6.45) is 2.29. The summed E-state index contributed by atoms with van der Waals surface area (Å²) in [7, 11) is 0. The number of aromatic nitrogens is 5. The van der Waals surface area contributed by atoms with Crippen molar-refractivity contribution in [3.63, 3.8) is 0 Å². The second-order valence-electron chi connectivity index (χ2n) is 8.14. The first kappa shape index (κ1) is 21.9. The molecule has 1 aliphatic heterocycles. The third-order valence-electron chi connectivity index (χ3n) is 5.53. The molecule has 170 valence electrons. The molecule has 10 heteroatoms. The fraction of sp³-hybridized carbons (Fsp3) is 0.500. The van der Waals surface area contributed by atoms with Crippen LogP contribution in [0.4, 0.5) is 17.6 Å². The Labute approximate surface area is 186 Å². The van der Waals surface area contributed by atoms with E-state index in [1.54, 1.807) is 6.20 Å². The van der Waals surface area contributed by atoms with E-state index in [1.165, 1.54) is 0 Å². The molecule has 0 bridgehead atoms. The molecule has 0 saturated carbocycles. The zero-order valence-corrected chi connectivity index (χ0v) is 18.7. The molecule has 0 spiro atoms. The molecule has 10 nitrogen and oxygen atoms in total. The molecule has 0 aromatic carbocycles. The van der Waals surface area contributed by atoms with Gasteiger partial charge in [-0.15, -0.1) is 0 Å². The lowest BCUT2D eigenvalue weighted by Gasteiger charge is -2.18. The highest BCUT2D eigenvalue weighted by Gasteiger charge is 2.31. The van der Waals surface area contributed by atoms with E-state index in [-0.39, 0.29) is 5.92 Å². The van der Waals surface area contributed by atoms with Gasteiger partial charge < -0.3 is 20.1 Å². The second-order valence-corrected chi connectivity index (χ2v) is 8.14. The van der Waals surface area contributed by atoms with Crippen molar-refractivity contribution in [1.82, 2.24) is 24.7 Å². The fourth-order valence-corrected chi connectivity index (χ4v) is 3.87. The van der Waals surface area contributed by atoms with Crippen molar-refractivity contribution in [2.24, 2.45) is 5.92 Å². The Morgan fingerprint density at radius 3 is 2.84 bits per heavy atom. The lowest BCUT2D eigenvalue weighted by molar-refractivity contribution is -0.140. The molecular weight excluding hydrogens is 410 g/mol. The van der Waals surface area contributed by atoms with E-state index < -0.39 is 11.9 Å². The molecule has 1 aliphatic rings. The predicted molar refractivity (Wildman–Crippen MR) is 121 cm³/mol. The lowest BCUT2D eigenvalue weighted by atomic mass is 10.1. The number of fused-ring (bicyclic) bond motifs is 1. The molecule has 1 atom stereocenters. The number of carbonyl (C=O) groups is 1. The van der Waals surface area contributed by atoms with Gasteiger partial charge in [0.05, 0.1) is 24.8 Å². The van der Waals surface area contributed by atoms with Crippen LogP contribution in [0.2, 0.25) is 0 Å². The Morgan fingerprint density at radius 1 is 1.34 bits per heavy atom. The Hall–Kier alpha value is -3.27. The van der Waals surface area contributed by atoms with Crippen LogP contribution < -0.4 is 10.2 Å². The Morgan fingerprint density at radius 2 is 2.19 bits per heavy atom. The number of nitrogens with one attached hydrogen (secondary N) is 1. The molecule has 1 fully saturated rings. The minimum atomic E-state index is -0.785. The number of hydrogen-bond donors (Lipinski definition) is 2. The van der Waals surface area contributed by atoms with Gasteiger partial charge in [-0.1, -0.05) is 19.9 Å². The highest BCUT2D eigenvalue weighted by molar-refractivity contribution is 5.90. The third kappa shape index (κ3) is 4.50. The van der Waals surface area contributed by atoms with Gasteiger partial charge in [0.25, 0.3) is 0 Å². The summed E-state index contributed by atoms with van der Waals surface area (Å²) in [4.78, 5) is 27.4. The minimum absolute atomic E-state index is 0.154. The quantitative estimate of drug-likeness (QED) is 0.485. The maximum atomic E-state index is 11.5. The molecule has 2 N–H and O–H groups in total. The zero-order valence-electron chi connectivity index (χ0n) is 18.7. The molecule has 0 aliphatic carbocycles. The summed E-state index contributed by atoms with van der Waals surface area (Å²) in [5.74, 6) is 0.713. The van der Waals surface area contributed by atoms with Crippen molar-refractivity contribution in [3.8, 4) is 0 Å². The van der Waals surface area contributed by atoms with Gasteiger partial charge in [0.15, 0.2) is 5.82 Å².